The first-order valence-electron chi connectivity index (χ1n) is 6.07. The van der Waals surface area contributed by atoms with Crippen LogP contribution in [0.25, 0.3) is 0 Å². The second kappa shape index (κ2) is 5.90. The summed E-state index contributed by atoms with van der Waals surface area (Å²) in [5.41, 5.74) is 12.7. The second-order valence-corrected chi connectivity index (χ2v) is 4.27. The van der Waals surface area contributed by atoms with Crippen LogP contribution in [0.3, 0.4) is 0 Å². The van der Waals surface area contributed by atoms with E-state index in [0.717, 1.165) is 13.0 Å². The molecule has 0 saturated heterocycles. The maximum Gasteiger partial charge on any atom is 0.251 e. The predicted molar refractivity (Wildman–Crippen MR) is 74.4 cm³/mol. The minimum absolute atomic E-state index is 0.167. The third kappa shape index (κ3) is 3.74. The maximum absolute atomic E-state index is 11.9. The Morgan fingerprint density at radius 1 is 1.26 bits per heavy atom. The van der Waals surface area contributed by atoms with Crippen molar-refractivity contribution in [2.45, 2.75) is 13.0 Å². The number of carbonyl (C=O) groups excluding carboxylic acids is 1. The lowest BCUT2D eigenvalue weighted by atomic mass is 10.1. The average Bonchev–Trinajstić information content (AvgIpc) is 2.86. The van der Waals surface area contributed by atoms with Crippen LogP contribution < -0.4 is 16.8 Å². The average molecular weight is 259 g/mol. The van der Waals surface area contributed by atoms with Gasteiger partial charge < -0.3 is 16.8 Å². The Morgan fingerprint density at radius 3 is 2.63 bits per heavy atom. The van der Waals surface area contributed by atoms with Gasteiger partial charge in [0.15, 0.2) is 0 Å². The molecule has 0 aliphatic rings. The Balaban J connectivity index is 1.80. The molecule has 2 aromatic rings. The van der Waals surface area contributed by atoms with E-state index in [4.69, 9.17) is 11.5 Å². The molecule has 0 saturated carbocycles. The van der Waals surface area contributed by atoms with Crippen molar-refractivity contribution in [3.8, 4) is 0 Å². The van der Waals surface area contributed by atoms with Crippen LogP contribution in [0.2, 0.25) is 0 Å². The summed E-state index contributed by atoms with van der Waals surface area (Å²) in [7, 11) is 0. The zero-order valence-electron chi connectivity index (χ0n) is 10.5. The standard InChI is InChI=1S/C13H17N5O/c14-11-7-10(8-12(15)9-11)13(19)16-3-1-5-18-6-2-4-17-18/h2,4,6-9H,1,3,5,14-15H2,(H,16,19). The lowest BCUT2D eigenvalue weighted by Crippen LogP contribution is -2.25. The number of hydrogen-bond donors (Lipinski definition) is 3. The van der Waals surface area contributed by atoms with Crippen molar-refractivity contribution in [1.29, 1.82) is 0 Å². The third-order valence-corrected chi connectivity index (χ3v) is 2.65. The molecular weight excluding hydrogens is 242 g/mol. The van der Waals surface area contributed by atoms with Crippen molar-refractivity contribution in [3.05, 3.63) is 42.2 Å². The van der Waals surface area contributed by atoms with E-state index in [1.54, 1.807) is 24.4 Å². The van der Waals surface area contributed by atoms with E-state index in [1.807, 2.05) is 16.9 Å². The molecule has 1 heterocycles. The van der Waals surface area contributed by atoms with Crippen LogP contribution in [0.5, 0.6) is 0 Å². The Bertz CT molecular complexity index is 530. The molecule has 0 bridgehead atoms. The van der Waals surface area contributed by atoms with Gasteiger partial charge in [-0.25, -0.2) is 0 Å². The highest BCUT2D eigenvalue weighted by Gasteiger charge is 2.06. The molecule has 6 nitrogen and oxygen atoms in total. The van der Waals surface area contributed by atoms with Crippen LogP contribution in [0.1, 0.15) is 16.8 Å². The van der Waals surface area contributed by atoms with Crippen LogP contribution in [-0.2, 0) is 6.54 Å². The van der Waals surface area contributed by atoms with Crippen molar-refractivity contribution in [1.82, 2.24) is 15.1 Å². The Morgan fingerprint density at radius 2 is 2.00 bits per heavy atom. The number of hydrogen-bond acceptors (Lipinski definition) is 4. The first-order chi connectivity index (χ1) is 9.15. The molecule has 100 valence electrons. The van der Waals surface area contributed by atoms with Gasteiger partial charge in [-0.15, -0.1) is 0 Å². The number of carbonyl (C=O) groups is 1. The molecular formula is C13H17N5O. The van der Waals surface area contributed by atoms with Gasteiger partial charge in [0.05, 0.1) is 0 Å². The molecule has 5 N–H and O–H groups in total. The van der Waals surface area contributed by atoms with E-state index in [0.29, 0.717) is 23.5 Å². The Kier molecular flexibility index (Phi) is 4.02. The maximum atomic E-state index is 11.9. The number of rotatable bonds is 5. The normalized spacial score (nSPS) is 10.3. The van der Waals surface area contributed by atoms with Crippen molar-refractivity contribution in [2.75, 3.05) is 18.0 Å². The fraction of sp³-hybridized carbons (Fsp3) is 0.231. The highest BCUT2D eigenvalue weighted by Crippen LogP contribution is 2.13. The van der Waals surface area contributed by atoms with E-state index in [-0.39, 0.29) is 5.91 Å². The van der Waals surface area contributed by atoms with Crippen LogP contribution in [0, 0.1) is 0 Å². The van der Waals surface area contributed by atoms with Crippen molar-refractivity contribution >= 4 is 17.3 Å². The molecule has 1 aromatic heterocycles. The molecule has 1 amide bonds. The van der Waals surface area contributed by atoms with E-state index < -0.39 is 0 Å². The molecule has 0 aliphatic carbocycles. The minimum Gasteiger partial charge on any atom is -0.399 e. The number of benzene rings is 1. The van der Waals surface area contributed by atoms with E-state index in [2.05, 4.69) is 10.4 Å². The highest BCUT2D eigenvalue weighted by atomic mass is 16.1. The van der Waals surface area contributed by atoms with E-state index >= 15 is 0 Å². The molecule has 0 atom stereocenters. The summed E-state index contributed by atoms with van der Waals surface area (Å²) in [4.78, 5) is 11.9. The largest absolute Gasteiger partial charge is 0.399 e. The summed E-state index contributed by atoms with van der Waals surface area (Å²) < 4.78 is 1.82. The number of amides is 1. The van der Waals surface area contributed by atoms with Gasteiger partial charge in [0, 0.05) is 42.4 Å². The summed E-state index contributed by atoms with van der Waals surface area (Å²) >= 11 is 0. The topological polar surface area (TPSA) is 99.0 Å². The van der Waals surface area contributed by atoms with Crippen molar-refractivity contribution in [3.63, 3.8) is 0 Å². The van der Waals surface area contributed by atoms with Gasteiger partial charge in [0.1, 0.15) is 0 Å². The summed E-state index contributed by atoms with van der Waals surface area (Å²) in [6.07, 6.45) is 4.43. The van der Waals surface area contributed by atoms with Gasteiger partial charge in [0.2, 0.25) is 0 Å². The van der Waals surface area contributed by atoms with Crippen molar-refractivity contribution in [2.24, 2.45) is 0 Å². The van der Waals surface area contributed by atoms with Gasteiger partial charge in [-0.05, 0) is 30.7 Å². The number of nitrogens with zero attached hydrogens (tertiary/aromatic N) is 2. The summed E-state index contributed by atoms with van der Waals surface area (Å²) in [6, 6.07) is 6.71. The summed E-state index contributed by atoms with van der Waals surface area (Å²) in [5.74, 6) is -0.167. The quantitative estimate of drug-likeness (QED) is 0.548. The zero-order valence-corrected chi connectivity index (χ0v) is 10.5. The first-order valence-corrected chi connectivity index (χ1v) is 6.07. The van der Waals surface area contributed by atoms with Crippen LogP contribution in [0.15, 0.2) is 36.7 Å². The van der Waals surface area contributed by atoms with Gasteiger partial charge in [-0.2, -0.15) is 5.10 Å². The number of nitrogen functional groups attached to an aromatic ring is 2. The fourth-order valence-electron chi connectivity index (χ4n) is 1.79. The third-order valence-electron chi connectivity index (χ3n) is 2.65. The molecule has 6 heteroatoms. The molecule has 0 radical (unpaired) electrons. The minimum atomic E-state index is -0.167. The molecule has 0 fully saturated rings. The summed E-state index contributed by atoms with van der Waals surface area (Å²) in [6.45, 7) is 1.35. The number of anilines is 2. The number of aryl methyl sites for hydroxylation is 1. The Hall–Kier alpha value is -2.50. The highest BCUT2D eigenvalue weighted by molar-refractivity contribution is 5.96. The van der Waals surface area contributed by atoms with Gasteiger partial charge in [0.25, 0.3) is 5.91 Å². The molecule has 0 unspecified atom stereocenters. The monoisotopic (exact) mass is 259 g/mol. The number of nitrogens with one attached hydrogen (secondary N) is 1. The second-order valence-electron chi connectivity index (χ2n) is 4.27. The van der Waals surface area contributed by atoms with Gasteiger partial charge in [-0.1, -0.05) is 0 Å². The molecule has 0 aliphatic heterocycles. The van der Waals surface area contributed by atoms with Crippen LogP contribution in [0.4, 0.5) is 11.4 Å². The SMILES string of the molecule is Nc1cc(N)cc(C(=O)NCCCn2cccn2)c1. The zero-order chi connectivity index (χ0) is 13.7. The molecule has 2 rings (SSSR count). The molecule has 19 heavy (non-hydrogen) atoms. The predicted octanol–water partition coefficient (Wildman–Crippen LogP) is 0.868. The van der Waals surface area contributed by atoms with Crippen molar-refractivity contribution < 1.29 is 4.79 Å². The lowest BCUT2D eigenvalue weighted by molar-refractivity contribution is 0.0952. The molecule has 0 spiro atoms. The fourth-order valence-corrected chi connectivity index (χ4v) is 1.79. The van der Waals surface area contributed by atoms with Gasteiger partial charge >= 0.3 is 0 Å². The van der Waals surface area contributed by atoms with E-state index in [9.17, 15) is 4.79 Å². The Labute approximate surface area is 111 Å². The van der Waals surface area contributed by atoms with Crippen LogP contribution in [-0.4, -0.2) is 22.2 Å². The van der Waals surface area contributed by atoms with E-state index in [1.165, 1.54) is 0 Å². The summed E-state index contributed by atoms with van der Waals surface area (Å²) in [5, 5.41) is 6.91. The molecule has 1 aromatic carbocycles. The number of nitrogens with two attached hydrogens (primary N) is 2. The lowest BCUT2D eigenvalue weighted by Gasteiger charge is -2.07. The smallest absolute Gasteiger partial charge is 0.251 e. The van der Waals surface area contributed by atoms with Crippen LogP contribution >= 0.6 is 0 Å². The first kappa shape index (κ1) is 12.9. The van der Waals surface area contributed by atoms with Gasteiger partial charge in [-0.3, -0.25) is 9.48 Å². The number of aromatic nitrogens is 2.